The first kappa shape index (κ1) is 18.0. The van der Waals surface area contributed by atoms with E-state index in [-0.39, 0.29) is 17.8 Å². The fourth-order valence-electron chi connectivity index (χ4n) is 3.92. The third-order valence-electron chi connectivity index (χ3n) is 5.25. The van der Waals surface area contributed by atoms with Crippen molar-refractivity contribution in [3.05, 3.63) is 62.8 Å². The molecular formula is C20H19BrClFN2O. The fourth-order valence-corrected chi connectivity index (χ4v) is 4.42. The van der Waals surface area contributed by atoms with Crippen molar-refractivity contribution >= 4 is 39.1 Å². The predicted octanol–water partition coefficient (Wildman–Crippen LogP) is 4.80. The van der Waals surface area contributed by atoms with Crippen LogP contribution in [0.15, 0.2) is 40.9 Å². The van der Waals surface area contributed by atoms with Crippen molar-refractivity contribution in [2.75, 3.05) is 18.0 Å². The van der Waals surface area contributed by atoms with E-state index in [4.69, 9.17) is 11.6 Å². The Morgan fingerprint density at radius 2 is 1.92 bits per heavy atom. The SMILES string of the molecule is O=C1Cc2ccc(Cl)cc2N1C1CCN(Cc2ccc(Br)cc2F)CC1. The number of hydrogen-bond donors (Lipinski definition) is 0. The number of carbonyl (C=O) groups is 1. The number of likely N-dealkylation sites (tertiary alicyclic amines) is 1. The Bertz CT molecular complexity index is 852. The molecule has 2 heterocycles. The van der Waals surface area contributed by atoms with Crippen LogP contribution in [0.1, 0.15) is 24.0 Å². The first-order chi connectivity index (χ1) is 12.5. The van der Waals surface area contributed by atoms with Crippen molar-refractivity contribution in [1.82, 2.24) is 4.90 Å². The third kappa shape index (κ3) is 3.53. The largest absolute Gasteiger partial charge is 0.309 e. The lowest BCUT2D eigenvalue weighted by Gasteiger charge is -2.37. The Balaban J connectivity index is 1.43. The molecule has 2 aromatic carbocycles. The van der Waals surface area contributed by atoms with Crippen LogP contribution in [0.4, 0.5) is 10.1 Å². The van der Waals surface area contributed by atoms with Crippen LogP contribution in [0.5, 0.6) is 0 Å². The molecule has 26 heavy (non-hydrogen) atoms. The van der Waals surface area contributed by atoms with Crippen molar-refractivity contribution in [2.24, 2.45) is 0 Å². The number of hydrogen-bond acceptors (Lipinski definition) is 2. The van der Waals surface area contributed by atoms with Gasteiger partial charge in [-0.3, -0.25) is 9.69 Å². The first-order valence-electron chi connectivity index (χ1n) is 8.78. The van der Waals surface area contributed by atoms with Gasteiger partial charge in [0.2, 0.25) is 5.91 Å². The molecule has 0 atom stereocenters. The first-order valence-corrected chi connectivity index (χ1v) is 9.95. The summed E-state index contributed by atoms with van der Waals surface area (Å²) in [4.78, 5) is 16.7. The maximum Gasteiger partial charge on any atom is 0.231 e. The Morgan fingerprint density at radius 3 is 2.65 bits per heavy atom. The minimum Gasteiger partial charge on any atom is -0.309 e. The molecule has 2 aromatic rings. The van der Waals surface area contributed by atoms with Gasteiger partial charge in [-0.2, -0.15) is 0 Å². The van der Waals surface area contributed by atoms with Crippen LogP contribution in [0.25, 0.3) is 0 Å². The molecule has 136 valence electrons. The Hall–Kier alpha value is -1.43. The summed E-state index contributed by atoms with van der Waals surface area (Å²) in [7, 11) is 0. The van der Waals surface area contributed by atoms with Crippen LogP contribution in [0, 0.1) is 5.82 Å². The van der Waals surface area contributed by atoms with E-state index in [1.54, 1.807) is 0 Å². The minimum absolute atomic E-state index is 0.152. The van der Waals surface area contributed by atoms with E-state index >= 15 is 0 Å². The fraction of sp³-hybridized carbons (Fsp3) is 0.350. The van der Waals surface area contributed by atoms with E-state index < -0.39 is 0 Å². The number of fused-ring (bicyclic) bond motifs is 1. The van der Waals surface area contributed by atoms with Gasteiger partial charge in [0.1, 0.15) is 5.82 Å². The van der Waals surface area contributed by atoms with Crippen LogP contribution in [-0.4, -0.2) is 29.9 Å². The van der Waals surface area contributed by atoms with Crippen LogP contribution in [0.2, 0.25) is 5.02 Å². The van der Waals surface area contributed by atoms with Crippen molar-refractivity contribution in [1.29, 1.82) is 0 Å². The molecular weight excluding hydrogens is 419 g/mol. The summed E-state index contributed by atoms with van der Waals surface area (Å²) in [5.41, 5.74) is 2.72. The van der Waals surface area contributed by atoms with Crippen molar-refractivity contribution in [2.45, 2.75) is 31.8 Å². The zero-order chi connectivity index (χ0) is 18.3. The van der Waals surface area contributed by atoms with Crippen molar-refractivity contribution in [3.8, 4) is 0 Å². The molecule has 0 bridgehead atoms. The van der Waals surface area contributed by atoms with Crippen LogP contribution in [-0.2, 0) is 17.8 Å². The molecule has 0 radical (unpaired) electrons. The van der Waals surface area contributed by atoms with Gasteiger partial charge >= 0.3 is 0 Å². The molecule has 0 aromatic heterocycles. The molecule has 0 spiro atoms. The topological polar surface area (TPSA) is 23.6 Å². The van der Waals surface area contributed by atoms with Crippen LogP contribution < -0.4 is 4.90 Å². The predicted molar refractivity (Wildman–Crippen MR) is 105 cm³/mol. The summed E-state index contributed by atoms with van der Waals surface area (Å²) in [6.07, 6.45) is 2.22. The summed E-state index contributed by atoms with van der Waals surface area (Å²) in [6.45, 7) is 2.29. The van der Waals surface area contributed by atoms with Crippen molar-refractivity contribution < 1.29 is 9.18 Å². The van der Waals surface area contributed by atoms with Gasteiger partial charge in [0.15, 0.2) is 0 Å². The zero-order valence-corrected chi connectivity index (χ0v) is 16.6. The minimum atomic E-state index is -0.181. The van der Waals surface area contributed by atoms with Gasteiger partial charge in [0, 0.05) is 46.4 Å². The smallest absolute Gasteiger partial charge is 0.231 e. The molecule has 1 fully saturated rings. The lowest BCUT2D eigenvalue weighted by Crippen LogP contribution is -2.46. The van der Waals surface area contributed by atoms with Crippen molar-refractivity contribution in [3.63, 3.8) is 0 Å². The maximum atomic E-state index is 14.1. The van der Waals surface area contributed by atoms with E-state index in [1.165, 1.54) is 6.07 Å². The molecule has 1 amide bonds. The van der Waals surface area contributed by atoms with Crippen LogP contribution in [0.3, 0.4) is 0 Å². The van der Waals surface area contributed by atoms with Gasteiger partial charge in [0.05, 0.1) is 6.42 Å². The van der Waals surface area contributed by atoms with Gasteiger partial charge in [0.25, 0.3) is 0 Å². The second-order valence-corrected chi connectivity index (χ2v) is 8.31. The number of halogens is 3. The second-order valence-electron chi connectivity index (χ2n) is 6.96. The highest BCUT2D eigenvalue weighted by atomic mass is 79.9. The number of nitrogens with zero attached hydrogens (tertiary/aromatic N) is 2. The monoisotopic (exact) mass is 436 g/mol. The quantitative estimate of drug-likeness (QED) is 0.689. The van der Waals surface area contributed by atoms with Gasteiger partial charge in [-0.15, -0.1) is 0 Å². The standard InChI is InChI=1S/C20H19BrClFN2O/c21-15-3-1-14(18(23)10-15)12-24-7-5-17(6-8-24)25-19-11-16(22)4-2-13(19)9-20(25)26/h1-4,10-11,17H,5-9,12H2. The van der Waals surface area contributed by atoms with E-state index in [2.05, 4.69) is 20.8 Å². The Morgan fingerprint density at radius 1 is 1.15 bits per heavy atom. The number of rotatable bonds is 3. The molecule has 3 nitrogen and oxygen atoms in total. The second kappa shape index (κ2) is 7.29. The third-order valence-corrected chi connectivity index (χ3v) is 5.98. The summed E-state index contributed by atoms with van der Waals surface area (Å²) in [5, 5.41) is 0.659. The van der Waals surface area contributed by atoms with E-state index in [0.29, 0.717) is 23.6 Å². The average molecular weight is 438 g/mol. The molecule has 0 unspecified atom stereocenters. The molecule has 0 aliphatic carbocycles. The highest BCUT2D eigenvalue weighted by molar-refractivity contribution is 9.10. The van der Waals surface area contributed by atoms with E-state index in [1.807, 2.05) is 35.2 Å². The number of carbonyl (C=O) groups excluding carboxylic acids is 1. The summed E-state index contributed by atoms with van der Waals surface area (Å²) in [6, 6.07) is 11.1. The summed E-state index contributed by atoms with van der Waals surface area (Å²) >= 11 is 9.42. The number of anilines is 1. The molecule has 0 saturated carbocycles. The Kier molecular flexibility index (Phi) is 5.04. The maximum absolute atomic E-state index is 14.1. The highest BCUT2D eigenvalue weighted by Crippen LogP contribution is 2.35. The summed E-state index contributed by atoms with van der Waals surface area (Å²) < 4.78 is 14.8. The lowest BCUT2D eigenvalue weighted by molar-refractivity contribution is -0.118. The number of benzene rings is 2. The summed E-state index contributed by atoms with van der Waals surface area (Å²) in [5.74, 6) is -0.0283. The average Bonchev–Trinajstić information content (AvgIpc) is 2.93. The van der Waals surface area contributed by atoms with E-state index in [9.17, 15) is 9.18 Å². The van der Waals surface area contributed by atoms with Gasteiger partial charge in [-0.05, 0) is 42.7 Å². The van der Waals surface area contributed by atoms with Gasteiger partial charge in [-0.1, -0.05) is 39.7 Å². The normalized spacial score (nSPS) is 18.4. The highest BCUT2D eigenvalue weighted by Gasteiger charge is 2.35. The van der Waals surface area contributed by atoms with E-state index in [0.717, 1.165) is 41.7 Å². The Labute approximate surface area is 165 Å². The molecule has 4 rings (SSSR count). The number of amides is 1. The van der Waals surface area contributed by atoms with Gasteiger partial charge in [-0.25, -0.2) is 4.39 Å². The lowest BCUT2D eigenvalue weighted by atomic mass is 10.0. The zero-order valence-electron chi connectivity index (χ0n) is 14.2. The molecule has 2 aliphatic rings. The van der Waals surface area contributed by atoms with Gasteiger partial charge < -0.3 is 4.90 Å². The molecule has 2 aliphatic heterocycles. The molecule has 0 N–H and O–H groups in total. The molecule has 1 saturated heterocycles. The number of piperidine rings is 1. The molecule has 6 heteroatoms. The van der Waals surface area contributed by atoms with Crippen LogP contribution >= 0.6 is 27.5 Å².